The van der Waals surface area contributed by atoms with Crippen molar-refractivity contribution >= 4 is 17.6 Å². The number of ether oxygens (including phenoxy) is 2. The second-order valence-electron chi connectivity index (χ2n) is 5.10. The van der Waals surface area contributed by atoms with Gasteiger partial charge in [0.25, 0.3) is 0 Å². The van der Waals surface area contributed by atoms with Gasteiger partial charge in [0.2, 0.25) is 0 Å². The highest BCUT2D eigenvalue weighted by Gasteiger charge is 2.31. The maximum Gasteiger partial charge on any atom is 0.323 e. The van der Waals surface area contributed by atoms with Crippen molar-refractivity contribution in [3.8, 4) is 5.75 Å². The second kappa shape index (κ2) is 8.25. The SMILES string of the molecule is CCOC(=O)C1CCCN1CCCOc1ccc(Cl)cc1. The van der Waals surface area contributed by atoms with E-state index >= 15 is 0 Å². The zero-order chi connectivity index (χ0) is 15.1. The molecule has 0 amide bonds. The average molecular weight is 312 g/mol. The van der Waals surface area contributed by atoms with Crippen LogP contribution >= 0.6 is 11.6 Å². The summed E-state index contributed by atoms with van der Waals surface area (Å²) in [5, 5.41) is 0.705. The Morgan fingerprint density at radius 1 is 1.38 bits per heavy atom. The number of likely N-dealkylation sites (tertiary alicyclic amines) is 1. The van der Waals surface area contributed by atoms with Crippen LogP contribution in [0.3, 0.4) is 0 Å². The molecule has 1 atom stereocenters. The van der Waals surface area contributed by atoms with E-state index in [4.69, 9.17) is 21.1 Å². The van der Waals surface area contributed by atoms with E-state index in [1.165, 1.54) is 0 Å². The summed E-state index contributed by atoms with van der Waals surface area (Å²) in [6.07, 6.45) is 2.84. The molecule has 1 aliphatic rings. The molecule has 1 aromatic carbocycles. The molecule has 0 N–H and O–H groups in total. The maximum absolute atomic E-state index is 11.8. The molecular weight excluding hydrogens is 290 g/mol. The summed E-state index contributed by atoms with van der Waals surface area (Å²) in [4.78, 5) is 14.0. The number of halogens is 1. The first-order chi connectivity index (χ1) is 10.2. The van der Waals surface area contributed by atoms with Crippen molar-refractivity contribution in [3.05, 3.63) is 29.3 Å². The molecule has 1 heterocycles. The summed E-state index contributed by atoms with van der Waals surface area (Å²) in [5.41, 5.74) is 0. The van der Waals surface area contributed by atoms with E-state index in [1.54, 1.807) is 0 Å². The highest BCUT2D eigenvalue weighted by molar-refractivity contribution is 6.30. The van der Waals surface area contributed by atoms with Crippen molar-refractivity contribution in [1.29, 1.82) is 0 Å². The highest BCUT2D eigenvalue weighted by Crippen LogP contribution is 2.19. The van der Waals surface area contributed by atoms with Gasteiger partial charge in [-0.15, -0.1) is 0 Å². The normalized spacial score (nSPS) is 18.7. The van der Waals surface area contributed by atoms with Crippen LogP contribution < -0.4 is 4.74 Å². The van der Waals surface area contributed by atoms with E-state index in [2.05, 4.69) is 4.90 Å². The molecule has 21 heavy (non-hydrogen) atoms. The molecule has 0 aromatic heterocycles. The Bertz CT molecular complexity index is 449. The minimum absolute atomic E-state index is 0.0690. The minimum atomic E-state index is -0.0892. The molecule has 0 aliphatic carbocycles. The summed E-state index contributed by atoms with van der Waals surface area (Å²) < 4.78 is 10.8. The molecule has 0 radical (unpaired) electrons. The van der Waals surface area contributed by atoms with E-state index in [-0.39, 0.29) is 12.0 Å². The van der Waals surface area contributed by atoms with Crippen LogP contribution in [-0.2, 0) is 9.53 Å². The van der Waals surface area contributed by atoms with Gasteiger partial charge in [-0.2, -0.15) is 0 Å². The van der Waals surface area contributed by atoms with Crippen LogP contribution in [0, 0.1) is 0 Å². The standard InChI is InChI=1S/C16H22ClNO3/c1-2-20-16(19)15-5-3-10-18(15)11-4-12-21-14-8-6-13(17)7-9-14/h6-9,15H,2-5,10-12H2,1H3. The lowest BCUT2D eigenvalue weighted by molar-refractivity contribution is -0.148. The number of esters is 1. The van der Waals surface area contributed by atoms with Gasteiger partial charge in [0, 0.05) is 11.6 Å². The van der Waals surface area contributed by atoms with Crippen molar-refractivity contribution < 1.29 is 14.3 Å². The Kier molecular flexibility index (Phi) is 6.33. The zero-order valence-electron chi connectivity index (χ0n) is 12.4. The first kappa shape index (κ1) is 16.1. The Morgan fingerprint density at radius 2 is 2.14 bits per heavy atom. The van der Waals surface area contributed by atoms with Crippen LogP contribution in [0.5, 0.6) is 5.75 Å². The zero-order valence-corrected chi connectivity index (χ0v) is 13.1. The maximum atomic E-state index is 11.8. The molecular formula is C16H22ClNO3. The van der Waals surface area contributed by atoms with Crippen LogP contribution in [0.2, 0.25) is 5.02 Å². The van der Waals surface area contributed by atoms with Crippen LogP contribution in [0.15, 0.2) is 24.3 Å². The molecule has 0 saturated carbocycles. The first-order valence-corrected chi connectivity index (χ1v) is 7.87. The van der Waals surface area contributed by atoms with Gasteiger partial charge in [0.15, 0.2) is 0 Å². The van der Waals surface area contributed by atoms with E-state index in [0.29, 0.717) is 18.2 Å². The lowest BCUT2D eigenvalue weighted by atomic mass is 10.2. The Balaban J connectivity index is 1.70. The van der Waals surface area contributed by atoms with Crippen molar-refractivity contribution in [2.45, 2.75) is 32.2 Å². The molecule has 4 nitrogen and oxygen atoms in total. The van der Waals surface area contributed by atoms with Crippen molar-refractivity contribution in [2.75, 3.05) is 26.3 Å². The summed E-state index contributed by atoms with van der Waals surface area (Å²) >= 11 is 5.82. The number of benzene rings is 1. The number of hydrogen-bond acceptors (Lipinski definition) is 4. The quantitative estimate of drug-likeness (QED) is 0.573. The number of rotatable bonds is 7. The van der Waals surface area contributed by atoms with Crippen molar-refractivity contribution in [2.24, 2.45) is 0 Å². The molecule has 1 fully saturated rings. The smallest absolute Gasteiger partial charge is 0.323 e. The Hall–Kier alpha value is -1.26. The largest absolute Gasteiger partial charge is 0.494 e. The second-order valence-corrected chi connectivity index (χ2v) is 5.54. The van der Waals surface area contributed by atoms with Crippen LogP contribution in [0.1, 0.15) is 26.2 Å². The molecule has 2 rings (SSSR count). The third-order valence-corrected chi connectivity index (χ3v) is 3.85. The predicted molar refractivity (Wildman–Crippen MR) is 82.8 cm³/mol. The van der Waals surface area contributed by atoms with Crippen LogP contribution in [0.25, 0.3) is 0 Å². The van der Waals surface area contributed by atoms with E-state index < -0.39 is 0 Å². The minimum Gasteiger partial charge on any atom is -0.494 e. The lowest BCUT2D eigenvalue weighted by Gasteiger charge is -2.22. The number of carbonyl (C=O) groups excluding carboxylic acids is 1. The topological polar surface area (TPSA) is 38.8 Å². The summed E-state index contributed by atoms with van der Waals surface area (Å²) in [6.45, 7) is 4.75. The highest BCUT2D eigenvalue weighted by atomic mass is 35.5. The van der Waals surface area contributed by atoms with Gasteiger partial charge in [-0.25, -0.2) is 0 Å². The fourth-order valence-corrected chi connectivity index (χ4v) is 2.71. The third-order valence-electron chi connectivity index (χ3n) is 3.59. The summed E-state index contributed by atoms with van der Waals surface area (Å²) in [5.74, 6) is 0.733. The van der Waals surface area contributed by atoms with Gasteiger partial charge < -0.3 is 9.47 Å². The van der Waals surface area contributed by atoms with Crippen LogP contribution in [-0.4, -0.2) is 43.2 Å². The van der Waals surface area contributed by atoms with E-state index in [1.807, 2.05) is 31.2 Å². The van der Waals surface area contributed by atoms with Gasteiger partial charge >= 0.3 is 5.97 Å². The Morgan fingerprint density at radius 3 is 2.86 bits per heavy atom. The van der Waals surface area contributed by atoms with Gasteiger partial charge in [-0.3, -0.25) is 9.69 Å². The molecule has 0 bridgehead atoms. The number of carbonyl (C=O) groups is 1. The summed E-state index contributed by atoms with van der Waals surface area (Å²) in [6, 6.07) is 7.28. The van der Waals surface area contributed by atoms with Gasteiger partial charge in [-0.05, 0) is 57.0 Å². The molecule has 0 spiro atoms. The van der Waals surface area contributed by atoms with Gasteiger partial charge in [0.1, 0.15) is 11.8 Å². The van der Waals surface area contributed by atoms with Gasteiger partial charge in [-0.1, -0.05) is 11.6 Å². The Labute approximate surface area is 131 Å². The fraction of sp³-hybridized carbons (Fsp3) is 0.562. The predicted octanol–water partition coefficient (Wildman–Crippen LogP) is 3.14. The molecule has 1 unspecified atom stereocenters. The van der Waals surface area contributed by atoms with Crippen molar-refractivity contribution in [1.82, 2.24) is 4.90 Å². The van der Waals surface area contributed by atoms with E-state index in [0.717, 1.165) is 38.1 Å². The monoisotopic (exact) mass is 311 g/mol. The fourth-order valence-electron chi connectivity index (χ4n) is 2.59. The van der Waals surface area contributed by atoms with Crippen molar-refractivity contribution in [3.63, 3.8) is 0 Å². The molecule has 1 saturated heterocycles. The molecule has 1 aliphatic heterocycles. The molecule has 5 heteroatoms. The van der Waals surface area contributed by atoms with Crippen LogP contribution in [0.4, 0.5) is 0 Å². The third kappa shape index (κ3) is 4.90. The lowest BCUT2D eigenvalue weighted by Crippen LogP contribution is -2.38. The number of hydrogen-bond donors (Lipinski definition) is 0. The first-order valence-electron chi connectivity index (χ1n) is 7.49. The summed E-state index contributed by atoms with van der Waals surface area (Å²) in [7, 11) is 0. The molecule has 116 valence electrons. The average Bonchev–Trinajstić information content (AvgIpc) is 2.94. The van der Waals surface area contributed by atoms with Gasteiger partial charge in [0.05, 0.1) is 13.2 Å². The number of nitrogens with zero attached hydrogens (tertiary/aromatic N) is 1. The van der Waals surface area contributed by atoms with E-state index in [9.17, 15) is 4.79 Å². The molecule has 1 aromatic rings.